The molecular weight excluding hydrogens is 330 g/mol. The molecule has 0 unspecified atom stereocenters. The molecule has 3 N–H and O–H groups in total. The summed E-state index contributed by atoms with van der Waals surface area (Å²) in [5.74, 6) is -0.263. The zero-order valence-electron chi connectivity index (χ0n) is 13.2. The quantitative estimate of drug-likeness (QED) is 0.569. The third-order valence-electron chi connectivity index (χ3n) is 3.27. The maximum Gasteiger partial charge on any atom is 0.269 e. The summed E-state index contributed by atoms with van der Waals surface area (Å²) in [5, 5.41) is 3.84. The van der Waals surface area contributed by atoms with Gasteiger partial charge >= 0.3 is 0 Å². The van der Waals surface area contributed by atoms with E-state index in [-0.39, 0.29) is 11.0 Å². The number of carbonyl (C=O) groups excluding carboxylic acids is 1. The van der Waals surface area contributed by atoms with Crippen LogP contribution in [0.3, 0.4) is 0 Å². The van der Waals surface area contributed by atoms with Crippen molar-refractivity contribution < 1.29 is 4.79 Å². The van der Waals surface area contributed by atoms with Gasteiger partial charge in [-0.3, -0.25) is 15.6 Å². The fraction of sp³-hybridized carbons (Fsp3) is 0.176. The molecule has 120 valence electrons. The van der Waals surface area contributed by atoms with E-state index in [9.17, 15) is 4.79 Å². The van der Waals surface area contributed by atoms with E-state index in [4.69, 9.17) is 23.8 Å². The minimum Gasteiger partial charge on any atom is -0.330 e. The summed E-state index contributed by atoms with van der Waals surface area (Å²) < 4.78 is 0. The molecular formula is C17H18ClN3OS. The molecule has 4 nitrogen and oxygen atoms in total. The molecule has 0 atom stereocenters. The Labute approximate surface area is 146 Å². The summed E-state index contributed by atoms with van der Waals surface area (Å²) in [5.41, 5.74) is 9.64. The zero-order chi connectivity index (χ0) is 17.0. The van der Waals surface area contributed by atoms with Gasteiger partial charge in [-0.15, -0.1) is 0 Å². The monoisotopic (exact) mass is 347 g/mol. The highest BCUT2D eigenvalue weighted by Gasteiger charge is 2.09. The highest BCUT2D eigenvalue weighted by Crippen LogP contribution is 2.27. The third kappa shape index (κ3) is 4.68. The van der Waals surface area contributed by atoms with Crippen molar-refractivity contribution in [2.24, 2.45) is 0 Å². The SMILES string of the molecule is Cc1ccc(C(=O)NNC(=S)Nc2c(C)cc(C)cc2Cl)cc1. The first-order chi connectivity index (χ1) is 10.9. The smallest absolute Gasteiger partial charge is 0.269 e. The molecule has 0 aliphatic heterocycles. The normalized spacial score (nSPS) is 10.1. The minimum atomic E-state index is -0.263. The van der Waals surface area contributed by atoms with Gasteiger partial charge in [0.25, 0.3) is 5.91 Å². The van der Waals surface area contributed by atoms with Crippen LogP contribution in [0.4, 0.5) is 5.69 Å². The van der Waals surface area contributed by atoms with Gasteiger partial charge < -0.3 is 5.32 Å². The van der Waals surface area contributed by atoms with Crippen LogP contribution >= 0.6 is 23.8 Å². The fourth-order valence-corrected chi connectivity index (χ4v) is 2.63. The Bertz CT molecular complexity index is 721. The lowest BCUT2D eigenvalue weighted by atomic mass is 10.1. The largest absolute Gasteiger partial charge is 0.330 e. The minimum absolute atomic E-state index is 0.263. The van der Waals surface area contributed by atoms with Crippen LogP contribution < -0.4 is 16.2 Å². The molecule has 0 fully saturated rings. The Kier molecular flexibility index (Phi) is 5.58. The maximum atomic E-state index is 12.0. The van der Waals surface area contributed by atoms with Gasteiger partial charge in [-0.25, -0.2) is 0 Å². The standard InChI is InChI=1S/C17H18ClN3OS/c1-10-4-6-13(7-5-10)16(22)20-21-17(23)19-15-12(3)8-11(2)9-14(15)18/h4-9H,1-3H3,(H,20,22)(H2,19,21,23). The number of halogens is 1. The molecule has 0 saturated heterocycles. The second-order valence-corrected chi connectivity index (χ2v) is 6.15. The van der Waals surface area contributed by atoms with Crippen LogP contribution in [0.2, 0.25) is 5.02 Å². The van der Waals surface area contributed by atoms with Crippen LogP contribution in [0.15, 0.2) is 36.4 Å². The lowest BCUT2D eigenvalue weighted by Crippen LogP contribution is -2.43. The molecule has 2 aromatic carbocycles. The van der Waals surface area contributed by atoms with Crippen LogP contribution in [0, 0.1) is 20.8 Å². The van der Waals surface area contributed by atoms with E-state index in [2.05, 4.69) is 16.2 Å². The van der Waals surface area contributed by atoms with Crippen molar-refractivity contribution in [3.8, 4) is 0 Å². The molecule has 2 aromatic rings. The molecule has 1 amide bonds. The van der Waals surface area contributed by atoms with Crippen molar-refractivity contribution in [1.29, 1.82) is 0 Å². The predicted octanol–water partition coefficient (Wildman–Crippen LogP) is 3.90. The number of benzene rings is 2. The number of aryl methyl sites for hydroxylation is 3. The van der Waals surface area contributed by atoms with Crippen molar-refractivity contribution in [2.45, 2.75) is 20.8 Å². The molecule has 23 heavy (non-hydrogen) atoms. The molecule has 0 heterocycles. The topological polar surface area (TPSA) is 53.2 Å². The second-order valence-electron chi connectivity index (χ2n) is 5.34. The molecule has 0 aliphatic carbocycles. The number of rotatable bonds is 2. The number of anilines is 1. The molecule has 2 rings (SSSR count). The number of hydrogen-bond acceptors (Lipinski definition) is 2. The van der Waals surface area contributed by atoms with Crippen LogP contribution in [-0.4, -0.2) is 11.0 Å². The summed E-state index contributed by atoms with van der Waals surface area (Å²) in [6, 6.07) is 11.1. The van der Waals surface area contributed by atoms with Crippen molar-refractivity contribution in [2.75, 3.05) is 5.32 Å². The van der Waals surface area contributed by atoms with Crippen LogP contribution in [-0.2, 0) is 0 Å². The van der Waals surface area contributed by atoms with Gasteiger partial charge in [-0.1, -0.05) is 35.4 Å². The summed E-state index contributed by atoms with van der Waals surface area (Å²) in [4.78, 5) is 12.0. The third-order valence-corrected chi connectivity index (χ3v) is 3.78. The summed E-state index contributed by atoms with van der Waals surface area (Å²) in [6.45, 7) is 5.88. The average molecular weight is 348 g/mol. The van der Waals surface area contributed by atoms with Gasteiger partial charge in [0.1, 0.15) is 0 Å². The Balaban J connectivity index is 1.95. The zero-order valence-corrected chi connectivity index (χ0v) is 14.7. The Morgan fingerprint density at radius 1 is 1.00 bits per heavy atom. The van der Waals surface area contributed by atoms with E-state index in [0.717, 1.165) is 22.4 Å². The van der Waals surface area contributed by atoms with Gasteiger partial charge in [0.15, 0.2) is 5.11 Å². The van der Waals surface area contributed by atoms with Gasteiger partial charge in [0.2, 0.25) is 0 Å². The Morgan fingerprint density at radius 3 is 2.26 bits per heavy atom. The Morgan fingerprint density at radius 2 is 1.65 bits per heavy atom. The maximum absolute atomic E-state index is 12.0. The number of amides is 1. The Hall–Kier alpha value is -2.11. The first-order valence-electron chi connectivity index (χ1n) is 7.07. The molecule has 0 bridgehead atoms. The first-order valence-corrected chi connectivity index (χ1v) is 7.86. The summed E-state index contributed by atoms with van der Waals surface area (Å²) >= 11 is 11.4. The fourth-order valence-electron chi connectivity index (χ4n) is 2.11. The van der Waals surface area contributed by atoms with E-state index >= 15 is 0 Å². The number of hydrogen-bond donors (Lipinski definition) is 3. The van der Waals surface area contributed by atoms with Gasteiger partial charge in [-0.05, 0) is 62.3 Å². The average Bonchev–Trinajstić information content (AvgIpc) is 2.49. The van der Waals surface area contributed by atoms with E-state index in [1.165, 1.54) is 0 Å². The molecule has 0 aliphatic rings. The highest BCUT2D eigenvalue weighted by atomic mass is 35.5. The summed E-state index contributed by atoms with van der Waals surface area (Å²) in [7, 11) is 0. The highest BCUT2D eigenvalue weighted by molar-refractivity contribution is 7.80. The van der Waals surface area contributed by atoms with Gasteiger partial charge in [0, 0.05) is 5.56 Å². The molecule has 0 saturated carbocycles. The molecule has 0 radical (unpaired) electrons. The van der Waals surface area contributed by atoms with Gasteiger partial charge in [-0.2, -0.15) is 0 Å². The lowest BCUT2D eigenvalue weighted by Gasteiger charge is -2.15. The van der Waals surface area contributed by atoms with Crippen LogP contribution in [0.25, 0.3) is 0 Å². The van der Waals surface area contributed by atoms with Crippen molar-refractivity contribution >= 4 is 40.5 Å². The van der Waals surface area contributed by atoms with E-state index in [1.54, 1.807) is 12.1 Å². The first kappa shape index (κ1) is 17.2. The predicted molar refractivity (Wildman–Crippen MR) is 98.9 cm³/mol. The number of thiocarbonyl (C=S) groups is 1. The molecule has 0 aromatic heterocycles. The van der Waals surface area contributed by atoms with Crippen molar-refractivity contribution in [3.05, 3.63) is 63.7 Å². The number of hydrazine groups is 1. The van der Waals surface area contributed by atoms with E-state index in [0.29, 0.717) is 10.6 Å². The lowest BCUT2D eigenvalue weighted by molar-refractivity contribution is 0.0944. The van der Waals surface area contributed by atoms with Crippen LogP contribution in [0.5, 0.6) is 0 Å². The van der Waals surface area contributed by atoms with Crippen molar-refractivity contribution in [3.63, 3.8) is 0 Å². The number of carbonyl (C=O) groups is 1. The van der Waals surface area contributed by atoms with Gasteiger partial charge in [0.05, 0.1) is 10.7 Å². The molecule has 0 spiro atoms. The van der Waals surface area contributed by atoms with Crippen LogP contribution in [0.1, 0.15) is 27.0 Å². The number of nitrogens with one attached hydrogen (secondary N) is 3. The van der Waals surface area contributed by atoms with E-state index in [1.807, 2.05) is 45.0 Å². The van der Waals surface area contributed by atoms with E-state index < -0.39 is 0 Å². The summed E-state index contributed by atoms with van der Waals surface area (Å²) in [6.07, 6.45) is 0. The molecule has 6 heteroatoms. The second kappa shape index (κ2) is 7.44. The van der Waals surface area contributed by atoms with Crippen molar-refractivity contribution in [1.82, 2.24) is 10.9 Å².